The van der Waals surface area contributed by atoms with E-state index in [0.717, 1.165) is 6.42 Å². The minimum absolute atomic E-state index is 0.0907. The average Bonchev–Trinajstić information content (AvgIpc) is 3.13. The van der Waals surface area contributed by atoms with Gasteiger partial charge in [-0.3, -0.25) is 9.78 Å². The molecule has 3 N–H and O–H groups in total. The molecule has 3 aromatic rings. The van der Waals surface area contributed by atoms with Gasteiger partial charge in [0.1, 0.15) is 6.17 Å². The van der Waals surface area contributed by atoms with Gasteiger partial charge < -0.3 is 15.7 Å². The maximum atomic E-state index is 14.1. The molecule has 8 nitrogen and oxygen atoms in total. The Hall–Kier alpha value is -2.78. The molecule has 0 radical (unpaired) electrons. The second kappa shape index (κ2) is 9.15. The Morgan fingerprint density at radius 1 is 1.32 bits per heavy atom. The fourth-order valence-corrected chi connectivity index (χ4v) is 2.97. The first-order valence-corrected chi connectivity index (χ1v) is 10.4. The van der Waals surface area contributed by atoms with Gasteiger partial charge in [-0.15, -0.1) is 0 Å². The summed E-state index contributed by atoms with van der Waals surface area (Å²) < 4.78 is 15.6. The number of nitrogens with one attached hydrogen (secondary N) is 2. The maximum Gasteiger partial charge on any atom is 0.255 e. The first-order chi connectivity index (χ1) is 14.6. The van der Waals surface area contributed by atoms with Crippen molar-refractivity contribution in [3.05, 3.63) is 41.4 Å². The summed E-state index contributed by atoms with van der Waals surface area (Å²) in [5.41, 5.74) is 1.12. The Morgan fingerprint density at radius 3 is 2.74 bits per heavy atom. The number of aliphatic hydroxyl groups is 1. The molecule has 2 atom stereocenters. The molecule has 0 aromatic carbocycles. The largest absolute Gasteiger partial charge is 0.387 e. The highest BCUT2D eigenvalue weighted by atomic mass is 35.5. The van der Waals surface area contributed by atoms with Gasteiger partial charge in [0.2, 0.25) is 0 Å². The molecule has 31 heavy (non-hydrogen) atoms. The lowest BCUT2D eigenvalue weighted by molar-refractivity contribution is -0.00177. The zero-order valence-corrected chi connectivity index (χ0v) is 18.6. The number of halogens is 2. The Kier molecular flexibility index (Phi) is 6.76. The third-order valence-electron chi connectivity index (χ3n) is 4.97. The van der Waals surface area contributed by atoms with Crippen LogP contribution in [0.4, 0.5) is 10.1 Å². The number of alkyl halides is 1. The van der Waals surface area contributed by atoms with Gasteiger partial charge in [0.15, 0.2) is 5.65 Å². The molecule has 3 aromatic heterocycles. The lowest BCUT2D eigenvalue weighted by atomic mass is 10.0. The van der Waals surface area contributed by atoms with Gasteiger partial charge >= 0.3 is 0 Å². The summed E-state index contributed by atoms with van der Waals surface area (Å²) in [6.45, 7) is 6.41. The standard InChI is InChI=1S/C21H26ClFN6O2/c1-5-12(2)28-17-6-16(14-9-27-29-11-13(22)7-25-19(14)29)24-8-15(17)20(30)26-10-18(23)21(3,4)31/h6-9,11-12,18,31H,5,10H2,1-4H3,(H,24,28)(H,26,30)/t12-,18+/m0/s1. The number of aromatic nitrogens is 4. The first-order valence-electron chi connectivity index (χ1n) is 10.0. The lowest BCUT2D eigenvalue weighted by Gasteiger charge is -2.23. The molecule has 3 rings (SSSR count). The van der Waals surface area contributed by atoms with Gasteiger partial charge in [-0.05, 0) is 33.3 Å². The van der Waals surface area contributed by atoms with Crippen LogP contribution in [0.1, 0.15) is 44.5 Å². The van der Waals surface area contributed by atoms with Gasteiger partial charge in [-0.1, -0.05) is 18.5 Å². The van der Waals surface area contributed by atoms with Gasteiger partial charge in [-0.2, -0.15) is 5.10 Å². The summed E-state index contributed by atoms with van der Waals surface area (Å²) in [4.78, 5) is 21.5. The molecular formula is C21H26ClFN6O2. The fraction of sp³-hybridized carbons (Fsp3) is 0.429. The predicted molar refractivity (Wildman–Crippen MR) is 118 cm³/mol. The summed E-state index contributed by atoms with van der Waals surface area (Å²) in [5.74, 6) is -0.485. The SMILES string of the molecule is CC[C@H](C)Nc1cc(-c2cnn3cc(Cl)cnc23)ncc1C(=O)NC[C@@H](F)C(C)(C)O. The molecule has 0 unspecified atom stereocenters. The molecule has 0 fully saturated rings. The monoisotopic (exact) mass is 448 g/mol. The molecule has 1 amide bonds. The van der Waals surface area contributed by atoms with Gasteiger partial charge in [0.25, 0.3) is 5.91 Å². The molecule has 0 spiro atoms. The van der Waals surface area contributed by atoms with E-state index in [1.54, 1.807) is 23.0 Å². The molecular weight excluding hydrogens is 423 g/mol. The van der Waals surface area contributed by atoms with Crippen LogP contribution in [0.15, 0.2) is 30.9 Å². The van der Waals surface area contributed by atoms with Crippen molar-refractivity contribution in [1.82, 2.24) is 24.9 Å². The molecule has 166 valence electrons. The number of carbonyl (C=O) groups excluding carboxylic acids is 1. The highest BCUT2D eigenvalue weighted by molar-refractivity contribution is 6.30. The maximum absolute atomic E-state index is 14.1. The summed E-state index contributed by atoms with van der Waals surface area (Å²) in [6.07, 6.45) is 5.46. The van der Waals surface area contributed by atoms with Crippen LogP contribution in [0.5, 0.6) is 0 Å². The molecule has 0 aliphatic heterocycles. The predicted octanol–water partition coefficient (Wildman–Crippen LogP) is 3.49. The van der Waals surface area contributed by atoms with Crippen molar-refractivity contribution in [3.8, 4) is 11.3 Å². The zero-order valence-electron chi connectivity index (χ0n) is 17.9. The van der Waals surface area contributed by atoms with E-state index < -0.39 is 17.7 Å². The van der Waals surface area contributed by atoms with E-state index in [4.69, 9.17) is 11.6 Å². The summed E-state index contributed by atoms with van der Waals surface area (Å²) >= 11 is 5.97. The van der Waals surface area contributed by atoms with Crippen molar-refractivity contribution in [2.75, 3.05) is 11.9 Å². The fourth-order valence-electron chi connectivity index (χ4n) is 2.83. The number of rotatable bonds is 8. The number of hydrogen-bond donors (Lipinski definition) is 3. The average molecular weight is 449 g/mol. The minimum Gasteiger partial charge on any atom is -0.387 e. The van der Waals surface area contributed by atoms with Crippen LogP contribution in [-0.4, -0.2) is 55.0 Å². The lowest BCUT2D eigenvalue weighted by Crippen LogP contribution is -2.42. The smallest absolute Gasteiger partial charge is 0.255 e. The van der Waals surface area contributed by atoms with Crippen molar-refractivity contribution in [1.29, 1.82) is 0 Å². The molecule has 0 aliphatic rings. The van der Waals surface area contributed by atoms with Gasteiger partial charge in [0.05, 0.1) is 52.1 Å². The summed E-state index contributed by atoms with van der Waals surface area (Å²) in [6, 6.07) is 1.84. The number of hydrogen-bond acceptors (Lipinski definition) is 6. The summed E-state index contributed by atoms with van der Waals surface area (Å²) in [5, 5.41) is 20.3. The molecule has 0 saturated heterocycles. The topological polar surface area (TPSA) is 104 Å². The minimum atomic E-state index is -1.61. The number of nitrogens with zero attached hydrogens (tertiary/aromatic N) is 4. The van der Waals surface area contributed by atoms with Crippen molar-refractivity contribution in [2.24, 2.45) is 0 Å². The van der Waals surface area contributed by atoms with Gasteiger partial charge in [-0.25, -0.2) is 13.9 Å². The Morgan fingerprint density at radius 2 is 2.06 bits per heavy atom. The zero-order chi connectivity index (χ0) is 22.8. The van der Waals surface area contributed by atoms with Crippen LogP contribution in [0, 0.1) is 0 Å². The third kappa shape index (κ3) is 5.29. The molecule has 0 aliphatic carbocycles. The first kappa shape index (κ1) is 22.9. The number of carbonyl (C=O) groups is 1. The second-order valence-electron chi connectivity index (χ2n) is 8.00. The molecule has 3 heterocycles. The van der Waals surface area contributed by atoms with Crippen LogP contribution >= 0.6 is 11.6 Å². The normalized spacial score (nSPS) is 13.8. The van der Waals surface area contributed by atoms with Crippen molar-refractivity contribution in [3.63, 3.8) is 0 Å². The van der Waals surface area contributed by atoms with E-state index in [-0.39, 0.29) is 18.2 Å². The number of fused-ring (bicyclic) bond motifs is 1. The third-order valence-corrected chi connectivity index (χ3v) is 5.17. The highest BCUT2D eigenvalue weighted by Crippen LogP contribution is 2.27. The van der Waals surface area contributed by atoms with Crippen LogP contribution in [0.25, 0.3) is 16.9 Å². The van der Waals surface area contributed by atoms with E-state index in [1.807, 2.05) is 13.8 Å². The van der Waals surface area contributed by atoms with Crippen LogP contribution in [-0.2, 0) is 0 Å². The van der Waals surface area contributed by atoms with Gasteiger partial charge in [0, 0.05) is 18.4 Å². The Bertz CT molecular complexity index is 1080. The molecule has 0 bridgehead atoms. The second-order valence-corrected chi connectivity index (χ2v) is 8.44. The summed E-state index contributed by atoms with van der Waals surface area (Å²) in [7, 11) is 0. The number of pyridine rings is 1. The molecule has 0 saturated carbocycles. The van der Waals surface area contributed by atoms with Crippen molar-refractivity contribution < 1.29 is 14.3 Å². The van der Waals surface area contributed by atoms with Crippen molar-refractivity contribution in [2.45, 2.75) is 51.9 Å². The Balaban J connectivity index is 1.94. The van der Waals surface area contributed by atoms with Crippen molar-refractivity contribution >= 4 is 28.8 Å². The Labute approximate surface area is 184 Å². The van der Waals surface area contributed by atoms with Crippen LogP contribution < -0.4 is 10.6 Å². The number of anilines is 1. The van der Waals surface area contributed by atoms with E-state index >= 15 is 0 Å². The highest BCUT2D eigenvalue weighted by Gasteiger charge is 2.27. The van der Waals surface area contributed by atoms with E-state index in [9.17, 15) is 14.3 Å². The van der Waals surface area contributed by atoms with Crippen LogP contribution in [0.2, 0.25) is 5.02 Å². The van der Waals surface area contributed by atoms with E-state index in [1.165, 1.54) is 26.2 Å². The van der Waals surface area contributed by atoms with E-state index in [2.05, 4.69) is 25.7 Å². The quantitative estimate of drug-likeness (QED) is 0.487. The van der Waals surface area contributed by atoms with E-state index in [0.29, 0.717) is 27.6 Å². The number of amides is 1. The van der Waals surface area contributed by atoms with Crippen LogP contribution in [0.3, 0.4) is 0 Å². The molecule has 10 heteroatoms.